The van der Waals surface area contributed by atoms with E-state index in [1.165, 1.54) is 12.1 Å². The number of ether oxygens (including phenoxy) is 1. The van der Waals surface area contributed by atoms with Crippen LogP contribution >= 0.6 is 0 Å². The van der Waals surface area contributed by atoms with E-state index >= 15 is 0 Å². The molecule has 0 aliphatic heterocycles. The maximum absolute atomic E-state index is 12.3. The molecule has 2 rings (SSSR count). The molecular formula is C16H16F3NO4. The summed E-state index contributed by atoms with van der Waals surface area (Å²) in [4.78, 5) is 23.6. The van der Waals surface area contributed by atoms with Gasteiger partial charge in [-0.3, -0.25) is 9.59 Å². The van der Waals surface area contributed by atoms with Crippen LogP contribution in [0.15, 0.2) is 35.9 Å². The second kappa shape index (κ2) is 6.94. The minimum atomic E-state index is -4.79. The number of allylic oxidation sites excluding steroid dienone is 2. The number of alkyl halides is 3. The molecule has 24 heavy (non-hydrogen) atoms. The van der Waals surface area contributed by atoms with Crippen molar-refractivity contribution in [2.75, 3.05) is 5.32 Å². The van der Waals surface area contributed by atoms with Gasteiger partial charge in [0.1, 0.15) is 5.75 Å². The molecule has 1 amide bonds. The van der Waals surface area contributed by atoms with Crippen molar-refractivity contribution in [1.82, 2.24) is 0 Å². The van der Waals surface area contributed by atoms with E-state index in [1.54, 1.807) is 6.08 Å². The van der Waals surface area contributed by atoms with Gasteiger partial charge in [-0.15, -0.1) is 13.2 Å². The summed E-state index contributed by atoms with van der Waals surface area (Å²) in [5, 5.41) is 11.8. The predicted octanol–water partition coefficient (Wildman–Crippen LogP) is 3.58. The first kappa shape index (κ1) is 17.8. The molecule has 0 aromatic heterocycles. The van der Waals surface area contributed by atoms with Crippen LogP contribution in [0.1, 0.15) is 19.8 Å². The number of nitrogens with one attached hydrogen (secondary N) is 1. The Balaban J connectivity index is 2.05. The van der Waals surface area contributed by atoms with Crippen molar-refractivity contribution in [3.05, 3.63) is 35.9 Å². The van der Waals surface area contributed by atoms with Crippen molar-refractivity contribution in [2.24, 2.45) is 11.8 Å². The van der Waals surface area contributed by atoms with Gasteiger partial charge >= 0.3 is 12.3 Å². The van der Waals surface area contributed by atoms with Gasteiger partial charge in [-0.25, -0.2) is 0 Å². The second-order valence-electron chi connectivity index (χ2n) is 5.60. The van der Waals surface area contributed by atoms with E-state index in [9.17, 15) is 27.9 Å². The predicted molar refractivity (Wildman–Crippen MR) is 79.4 cm³/mol. The van der Waals surface area contributed by atoms with Crippen molar-refractivity contribution in [3.63, 3.8) is 0 Å². The van der Waals surface area contributed by atoms with Gasteiger partial charge in [-0.05, 0) is 44.0 Å². The number of amides is 1. The van der Waals surface area contributed by atoms with Crippen LogP contribution in [0.3, 0.4) is 0 Å². The molecule has 0 spiro atoms. The summed E-state index contributed by atoms with van der Waals surface area (Å²) in [7, 11) is 0. The molecule has 1 aromatic carbocycles. The number of carboxylic acid groups (broad SMARTS) is 1. The largest absolute Gasteiger partial charge is 0.573 e. The van der Waals surface area contributed by atoms with Gasteiger partial charge in [-0.2, -0.15) is 0 Å². The Kier molecular flexibility index (Phi) is 5.16. The molecule has 8 heteroatoms. The van der Waals surface area contributed by atoms with E-state index in [0.717, 1.165) is 17.7 Å². The van der Waals surface area contributed by atoms with Crippen molar-refractivity contribution in [3.8, 4) is 5.75 Å². The van der Waals surface area contributed by atoms with E-state index in [1.807, 2.05) is 6.92 Å². The molecule has 0 bridgehead atoms. The molecule has 1 aliphatic rings. The number of carboxylic acids is 1. The van der Waals surface area contributed by atoms with Gasteiger partial charge < -0.3 is 15.2 Å². The van der Waals surface area contributed by atoms with Gasteiger partial charge in [0.15, 0.2) is 0 Å². The van der Waals surface area contributed by atoms with E-state index in [2.05, 4.69) is 10.1 Å². The van der Waals surface area contributed by atoms with Crippen LogP contribution in [-0.2, 0) is 9.59 Å². The van der Waals surface area contributed by atoms with Gasteiger partial charge in [0.2, 0.25) is 5.91 Å². The van der Waals surface area contributed by atoms with Gasteiger partial charge in [0.05, 0.1) is 11.8 Å². The van der Waals surface area contributed by atoms with Crippen LogP contribution in [0.4, 0.5) is 18.9 Å². The summed E-state index contributed by atoms with van der Waals surface area (Å²) in [6, 6.07) is 4.67. The Morgan fingerprint density at radius 3 is 2.38 bits per heavy atom. The molecule has 5 nitrogen and oxygen atoms in total. The minimum Gasteiger partial charge on any atom is -0.481 e. The summed E-state index contributed by atoms with van der Waals surface area (Å²) >= 11 is 0. The zero-order chi connectivity index (χ0) is 17.9. The van der Waals surface area contributed by atoms with Crippen LogP contribution in [0.25, 0.3) is 0 Å². The molecule has 0 saturated heterocycles. The smallest absolute Gasteiger partial charge is 0.481 e. The number of hydrogen-bond donors (Lipinski definition) is 2. The van der Waals surface area contributed by atoms with Gasteiger partial charge in [0, 0.05) is 5.69 Å². The highest BCUT2D eigenvalue weighted by Gasteiger charge is 2.35. The van der Waals surface area contributed by atoms with Crippen LogP contribution in [0, 0.1) is 11.8 Å². The normalized spacial score (nSPS) is 20.9. The topological polar surface area (TPSA) is 75.6 Å². The molecule has 2 atom stereocenters. The van der Waals surface area contributed by atoms with Crippen LogP contribution < -0.4 is 10.1 Å². The molecule has 1 aliphatic carbocycles. The van der Waals surface area contributed by atoms with Crippen LogP contribution in [0.2, 0.25) is 0 Å². The molecule has 0 saturated carbocycles. The zero-order valence-electron chi connectivity index (χ0n) is 12.8. The quantitative estimate of drug-likeness (QED) is 0.820. The number of carbonyl (C=O) groups excluding carboxylic acids is 1. The average Bonchev–Trinajstić information content (AvgIpc) is 2.47. The monoisotopic (exact) mass is 343 g/mol. The molecular weight excluding hydrogens is 327 g/mol. The fourth-order valence-corrected chi connectivity index (χ4v) is 2.59. The number of anilines is 1. The van der Waals surface area contributed by atoms with Gasteiger partial charge in [-0.1, -0.05) is 11.6 Å². The van der Waals surface area contributed by atoms with Crippen molar-refractivity contribution in [1.29, 1.82) is 0 Å². The standard InChI is InChI=1S/C16H16F3NO4/c1-9-2-7-12(15(22)23)13(8-9)14(21)20-10-3-5-11(6-4-10)24-16(17,18)19/h2-6,12-13H,7-8H2,1H3,(H,20,21)(H,22,23). The first-order valence-corrected chi connectivity index (χ1v) is 7.21. The summed E-state index contributed by atoms with van der Waals surface area (Å²) in [5.41, 5.74) is 1.20. The number of aliphatic carboxylic acids is 1. The third-order valence-corrected chi connectivity index (χ3v) is 3.76. The maximum atomic E-state index is 12.3. The Morgan fingerprint density at radius 2 is 1.83 bits per heavy atom. The van der Waals surface area contributed by atoms with Crippen molar-refractivity contribution < 1.29 is 32.6 Å². The van der Waals surface area contributed by atoms with Gasteiger partial charge in [0.25, 0.3) is 0 Å². The average molecular weight is 343 g/mol. The molecule has 0 heterocycles. The maximum Gasteiger partial charge on any atom is 0.573 e. The molecule has 2 N–H and O–H groups in total. The zero-order valence-corrected chi connectivity index (χ0v) is 12.8. The summed E-state index contributed by atoms with van der Waals surface area (Å²) in [6.07, 6.45) is -2.38. The molecule has 2 unspecified atom stereocenters. The number of benzene rings is 1. The minimum absolute atomic E-state index is 0.269. The van der Waals surface area contributed by atoms with Crippen LogP contribution in [-0.4, -0.2) is 23.3 Å². The van der Waals surface area contributed by atoms with E-state index in [0.29, 0.717) is 6.42 Å². The lowest BCUT2D eigenvalue weighted by atomic mass is 9.79. The second-order valence-corrected chi connectivity index (χ2v) is 5.60. The Bertz CT molecular complexity index is 652. The summed E-state index contributed by atoms with van der Waals surface area (Å²) in [6.45, 7) is 1.82. The Morgan fingerprint density at radius 1 is 1.21 bits per heavy atom. The highest BCUT2D eigenvalue weighted by molar-refractivity contribution is 5.95. The Labute approximate surface area is 136 Å². The van der Waals surface area contributed by atoms with Crippen LogP contribution in [0.5, 0.6) is 5.75 Å². The van der Waals surface area contributed by atoms with Crippen molar-refractivity contribution >= 4 is 17.6 Å². The first-order valence-electron chi connectivity index (χ1n) is 7.21. The van der Waals surface area contributed by atoms with Crippen molar-refractivity contribution in [2.45, 2.75) is 26.1 Å². The lowest BCUT2D eigenvalue weighted by Gasteiger charge is -2.26. The number of carbonyl (C=O) groups is 2. The van der Waals surface area contributed by atoms with E-state index < -0.39 is 35.8 Å². The first-order chi connectivity index (χ1) is 11.2. The lowest BCUT2D eigenvalue weighted by Crippen LogP contribution is -2.35. The Hall–Kier alpha value is -2.51. The molecule has 130 valence electrons. The molecule has 0 radical (unpaired) electrons. The highest BCUT2D eigenvalue weighted by Crippen LogP contribution is 2.31. The highest BCUT2D eigenvalue weighted by atomic mass is 19.4. The van der Waals surface area contributed by atoms with E-state index in [-0.39, 0.29) is 12.1 Å². The molecule has 0 fully saturated rings. The third kappa shape index (κ3) is 4.74. The SMILES string of the molecule is CC1=CCC(C(=O)O)C(C(=O)Nc2ccc(OC(F)(F)F)cc2)C1. The fraction of sp³-hybridized carbons (Fsp3) is 0.375. The van der Waals surface area contributed by atoms with E-state index in [4.69, 9.17) is 0 Å². The number of halogens is 3. The summed E-state index contributed by atoms with van der Waals surface area (Å²) < 4.78 is 40.0. The summed E-state index contributed by atoms with van der Waals surface area (Å²) in [5.74, 6) is -3.47. The number of hydrogen-bond acceptors (Lipinski definition) is 3. The number of rotatable bonds is 4. The fourth-order valence-electron chi connectivity index (χ4n) is 2.59. The molecule has 1 aromatic rings. The lowest BCUT2D eigenvalue weighted by molar-refractivity contribution is -0.274. The third-order valence-electron chi connectivity index (χ3n) is 3.76.